The van der Waals surface area contributed by atoms with Gasteiger partial charge in [0.2, 0.25) is 5.91 Å². The van der Waals surface area contributed by atoms with E-state index >= 15 is 0 Å². The molecule has 2 heteroatoms. The SMILES string of the molecule is CC1(CC(=O)NC2(C)CC2)CC1. The molecule has 2 aliphatic rings. The van der Waals surface area contributed by atoms with Gasteiger partial charge in [-0.15, -0.1) is 0 Å². The lowest BCUT2D eigenvalue weighted by atomic mass is 10.1. The monoisotopic (exact) mass is 167 g/mol. The van der Waals surface area contributed by atoms with Crippen molar-refractivity contribution in [2.24, 2.45) is 5.41 Å². The highest BCUT2D eigenvalue weighted by atomic mass is 16.1. The maximum absolute atomic E-state index is 11.4. The van der Waals surface area contributed by atoms with Crippen LogP contribution in [0.15, 0.2) is 0 Å². The summed E-state index contributed by atoms with van der Waals surface area (Å²) in [6.07, 6.45) is 5.53. The first kappa shape index (κ1) is 8.09. The Morgan fingerprint density at radius 3 is 2.25 bits per heavy atom. The topological polar surface area (TPSA) is 29.1 Å². The Kier molecular flexibility index (Phi) is 1.51. The lowest BCUT2D eigenvalue weighted by Gasteiger charge is -2.13. The number of hydrogen-bond donors (Lipinski definition) is 1. The zero-order valence-electron chi connectivity index (χ0n) is 7.94. The van der Waals surface area contributed by atoms with Crippen molar-refractivity contribution in [3.63, 3.8) is 0 Å². The van der Waals surface area contributed by atoms with Gasteiger partial charge in [-0.3, -0.25) is 4.79 Å². The van der Waals surface area contributed by atoms with Crippen molar-refractivity contribution in [1.82, 2.24) is 5.32 Å². The van der Waals surface area contributed by atoms with E-state index in [1.54, 1.807) is 0 Å². The van der Waals surface area contributed by atoms with Crippen LogP contribution in [-0.2, 0) is 4.79 Å². The molecule has 0 bridgehead atoms. The molecule has 0 spiro atoms. The van der Waals surface area contributed by atoms with Crippen LogP contribution in [0.2, 0.25) is 0 Å². The average Bonchev–Trinajstić information content (AvgIpc) is 2.76. The number of carbonyl (C=O) groups is 1. The molecule has 1 amide bonds. The Morgan fingerprint density at radius 2 is 1.83 bits per heavy atom. The van der Waals surface area contributed by atoms with Crippen molar-refractivity contribution in [1.29, 1.82) is 0 Å². The number of rotatable bonds is 3. The van der Waals surface area contributed by atoms with E-state index in [0.29, 0.717) is 5.41 Å². The van der Waals surface area contributed by atoms with Gasteiger partial charge in [0.05, 0.1) is 0 Å². The van der Waals surface area contributed by atoms with Crippen LogP contribution in [0.25, 0.3) is 0 Å². The maximum atomic E-state index is 11.4. The second-order valence-corrected chi connectivity index (χ2v) is 5.10. The third-order valence-corrected chi connectivity index (χ3v) is 3.13. The number of carbonyl (C=O) groups excluding carboxylic acids is 1. The molecule has 2 saturated carbocycles. The summed E-state index contributed by atoms with van der Waals surface area (Å²) in [5.41, 5.74) is 0.525. The van der Waals surface area contributed by atoms with E-state index in [0.717, 1.165) is 19.3 Å². The zero-order chi connectivity index (χ0) is 8.82. The van der Waals surface area contributed by atoms with Crippen molar-refractivity contribution in [3.05, 3.63) is 0 Å². The predicted octanol–water partition coefficient (Wildman–Crippen LogP) is 1.85. The summed E-state index contributed by atoms with van der Waals surface area (Å²) in [5, 5.41) is 3.09. The summed E-state index contributed by atoms with van der Waals surface area (Å²) in [6, 6.07) is 0. The number of nitrogens with one attached hydrogen (secondary N) is 1. The fourth-order valence-corrected chi connectivity index (χ4v) is 1.47. The van der Waals surface area contributed by atoms with Crippen molar-refractivity contribution < 1.29 is 4.79 Å². The third kappa shape index (κ3) is 1.79. The Balaban J connectivity index is 1.77. The third-order valence-electron chi connectivity index (χ3n) is 3.13. The molecule has 12 heavy (non-hydrogen) atoms. The molecule has 2 nitrogen and oxygen atoms in total. The summed E-state index contributed by atoms with van der Waals surface area (Å²) in [4.78, 5) is 11.4. The number of hydrogen-bond acceptors (Lipinski definition) is 1. The quantitative estimate of drug-likeness (QED) is 0.682. The molecule has 2 aliphatic carbocycles. The Hall–Kier alpha value is -0.530. The van der Waals surface area contributed by atoms with Gasteiger partial charge in [0.25, 0.3) is 0 Å². The summed E-state index contributed by atoms with van der Waals surface area (Å²) in [7, 11) is 0. The molecular weight excluding hydrogens is 150 g/mol. The molecule has 2 rings (SSSR count). The molecule has 0 unspecified atom stereocenters. The molecule has 0 saturated heterocycles. The molecular formula is C10H17NO. The Morgan fingerprint density at radius 1 is 1.25 bits per heavy atom. The average molecular weight is 167 g/mol. The summed E-state index contributed by atoms with van der Waals surface area (Å²) in [6.45, 7) is 4.32. The zero-order valence-corrected chi connectivity index (χ0v) is 7.94. The molecule has 0 aromatic heterocycles. The highest BCUT2D eigenvalue weighted by Gasteiger charge is 2.43. The largest absolute Gasteiger partial charge is 0.351 e. The van der Waals surface area contributed by atoms with E-state index in [1.807, 2.05) is 0 Å². The Labute approximate surface area is 73.7 Å². The second kappa shape index (κ2) is 2.24. The minimum atomic E-state index is 0.169. The minimum Gasteiger partial charge on any atom is -0.351 e. The van der Waals surface area contributed by atoms with Crippen LogP contribution in [0.3, 0.4) is 0 Å². The molecule has 1 N–H and O–H groups in total. The van der Waals surface area contributed by atoms with E-state index in [4.69, 9.17) is 0 Å². The first-order valence-corrected chi connectivity index (χ1v) is 4.83. The van der Waals surface area contributed by atoms with Crippen LogP contribution in [0.1, 0.15) is 46.0 Å². The molecule has 0 atom stereocenters. The second-order valence-electron chi connectivity index (χ2n) is 5.10. The van der Waals surface area contributed by atoms with Gasteiger partial charge in [-0.2, -0.15) is 0 Å². The smallest absolute Gasteiger partial charge is 0.220 e. The van der Waals surface area contributed by atoms with Gasteiger partial charge >= 0.3 is 0 Å². The number of amides is 1. The van der Waals surface area contributed by atoms with Gasteiger partial charge in [-0.25, -0.2) is 0 Å². The molecule has 2 fully saturated rings. The van der Waals surface area contributed by atoms with Crippen LogP contribution in [0, 0.1) is 5.41 Å². The lowest BCUT2D eigenvalue weighted by molar-refractivity contribution is -0.123. The first-order valence-electron chi connectivity index (χ1n) is 4.83. The molecule has 0 aromatic carbocycles. The van der Waals surface area contributed by atoms with Crippen molar-refractivity contribution >= 4 is 5.91 Å². The van der Waals surface area contributed by atoms with Gasteiger partial charge in [-0.1, -0.05) is 6.92 Å². The van der Waals surface area contributed by atoms with Crippen molar-refractivity contribution in [2.75, 3.05) is 0 Å². The van der Waals surface area contributed by atoms with Crippen molar-refractivity contribution in [3.8, 4) is 0 Å². The molecule has 68 valence electrons. The normalized spacial score (nSPS) is 27.8. The summed E-state index contributed by atoms with van der Waals surface area (Å²) < 4.78 is 0. The fourth-order valence-electron chi connectivity index (χ4n) is 1.47. The van der Waals surface area contributed by atoms with Gasteiger partial charge < -0.3 is 5.32 Å². The van der Waals surface area contributed by atoms with Crippen LogP contribution in [-0.4, -0.2) is 11.4 Å². The lowest BCUT2D eigenvalue weighted by Crippen LogP contribution is -2.35. The van der Waals surface area contributed by atoms with E-state index in [1.165, 1.54) is 12.8 Å². The Bertz CT molecular complexity index is 192. The van der Waals surface area contributed by atoms with Crippen molar-refractivity contribution in [2.45, 2.75) is 51.5 Å². The van der Waals surface area contributed by atoms with Crippen LogP contribution >= 0.6 is 0 Å². The van der Waals surface area contributed by atoms with Crippen LogP contribution < -0.4 is 5.32 Å². The van der Waals surface area contributed by atoms with Crippen LogP contribution in [0.5, 0.6) is 0 Å². The van der Waals surface area contributed by atoms with Gasteiger partial charge in [0, 0.05) is 12.0 Å². The van der Waals surface area contributed by atoms with E-state index in [2.05, 4.69) is 19.2 Å². The molecule has 0 heterocycles. The van der Waals surface area contributed by atoms with E-state index < -0.39 is 0 Å². The van der Waals surface area contributed by atoms with Gasteiger partial charge in [0.1, 0.15) is 0 Å². The highest BCUT2D eigenvalue weighted by Crippen LogP contribution is 2.48. The van der Waals surface area contributed by atoms with E-state index in [9.17, 15) is 4.79 Å². The first-order chi connectivity index (χ1) is 5.52. The summed E-state index contributed by atoms with van der Waals surface area (Å²) in [5.74, 6) is 0.259. The predicted molar refractivity (Wildman–Crippen MR) is 47.7 cm³/mol. The fraction of sp³-hybridized carbons (Fsp3) is 0.900. The summed E-state index contributed by atoms with van der Waals surface area (Å²) >= 11 is 0. The highest BCUT2D eigenvalue weighted by molar-refractivity contribution is 5.78. The van der Waals surface area contributed by atoms with Crippen LogP contribution in [0.4, 0.5) is 0 Å². The molecule has 0 aliphatic heterocycles. The minimum absolute atomic E-state index is 0.169. The van der Waals surface area contributed by atoms with Gasteiger partial charge in [-0.05, 0) is 38.0 Å². The van der Waals surface area contributed by atoms with E-state index in [-0.39, 0.29) is 11.4 Å². The molecule has 0 radical (unpaired) electrons. The van der Waals surface area contributed by atoms with Gasteiger partial charge in [0.15, 0.2) is 0 Å². The standard InChI is InChI=1S/C10H17NO/c1-9(3-4-9)7-8(12)11-10(2)5-6-10/h3-7H2,1-2H3,(H,11,12). The molecule has 0 aromatic rings. The maximum Gasteiger partial charge on any atom is 0.220 e.